The van der Waals surface area contributed by atoms with E-state index in [2.05, 4.69) is 29.8 Å². The van der Waals surface area contributed by atoms with Gasteiger partial charge in [-0.05, 0) is 18.3 Å². The summed E-state index contributed by atoms with van der Waals surface area (Å²) >= 11 is 3.62. The Kier molecular flexibility index (Phi) is 3.81. The zero-order valence-electron chi connectivity index (χ0n) is 8.16. The van der Waals surface area contributed by atoms with E-state index >= 15 is 0 Å². The molecule has 1 aliphatic heterocycles. The summed E-state index contributed by atoms with van der Waals surface area (Å²) in [7, 11) is -2.71. The van der Waals surface area contributed by atoms with Crippen molar-refractivity contribution in [1.29, 1.82) is 0 Å². The van der Waals surface area contributed by atoms with Crippen LogP contribution in [0.1, 0.15) is 26.7 Å². The summed E-state index contributed by atoms with van der Waals surface area (Å²) in [6.07, 6.45) is 1.94. The van der Waals surface area contributed by atoms with E-state index < -0.39 is 9.84 Å². The average molecular weight is 269 g/mol. The third-order valence-electron chi connectivity index (χ3n) is 2.91. The van der Waals surface area contributed by atoms with Crippen LogP contribution in [0.4, 0.5) is 0 Å². The Morgan fingerprint density at radius 1 is 1.54 bits per heavy atom. The van der Waals surface area contributed by atoms with Crippen LogP contribution in [0.5, 0.6) is 0 Å². The second kappa shape index (κ2) is 4.30. The van der Waals surface area contributed by atoms with Crippen LogP contribution in [-0.4, -0.2) is 24.8 Å². The summed E-state index contributed by atoms with van der Waals surface area (Å²) in [6, 6.07) is 0. The lowest BCUT2D eigenvalue weighted by molar-refractivity contribution is 0.434. The fraction of sp³-hybridized carbons (Fsp3) is 1.00. The number of alkyl halides is 1. The van der Waals surface area contributed by atoms with Crippen molar-refractivity contribution in [1.82, 2.24) is 0 Å². The standard InChI is InChI=1S/C9H17BrO2S/c1-3-7(2)9(10)8-4-5-13(11,12)6-8/h7-9H,3-6H2,1-2H3. The van der Waals surface area contributed by atoms with Crippen LogP contribution in [0, 0.1) is 11.8 Å². The highest BCUT2D eigenvalue weighted by atomic mass is 79.9. The summed E-state index contributed by atoms with van der Waals surface area (Å²) in [5.41, 5.74) is 0. The molecular formula is C9H17BrO2S. The molecule has 13 heavy (non-hydrogen) atoms. The molecule has 0 aliphatic carbocycles. The van der Waals surface area contributed by atoms with E-state index in [1.54, 1.807) is 0 Å². The van der Waals surface area contributed by atoms with Gasteiger partial charge < -0.3 is 0 Å². The fourth-order valence-corrected chi connectivity index (χ4v) is 4.69. The van der Waals surface area contributed by atoms with Crippen molar-refractivity contribution in [2.24, 2.45) is 11.8 Å². The molecule has 4 heteroatoms. The molecule has 78 valence electrons. The quantitative estimate of drug-likeness (QED) is 0.736. The van der Waals surface area contributed by atoms with E-state index in [1.807, 2.05) is 0 Å². The smallest absolute Gasteiger partial charge is 0.150 e. The maximum Gasteiger partial charge on any atom is 0.150 e. The molecule has 0 aromatic rings. The Hall–Kier alpha value is 0.430. The molecule has 0 N–H and O–H groups in total. The monoisotopic (exact) mass is 268 g/mol. The SMILES string of the molecule is CCC(C)C(Br)C1CCS(=O)(=O)C1. The van der Waals surface area contributed by atoms with E-state index in [1.165, 1.54) is 0 Å². The molecule has 1 aliphatic rings. The molecule has 0 spiro atoms. The predicted octanol–water partition coefficient (Wildman–Crippen LogP) is 2.23. The molecule has 3 atom stereocenters. The summed E-state index contributed by atoms with van der Waals surface area (Å²) < 4.78 is 22.5. The third kappa shape index (κ3) is 2.94. The fourth-order valence-electron chi connectivity index (χ4n) is 1.76. The van der Waals surface area contributed by atoms with Crippen LogP contribution in [0.25, 0.3) is 0 Å². The molecule has 0 aromatic heterocycles. The van der Waals surface area contributed by atoms with Gasteiger partial charge >= 0.3 is 0 Å². The lowest BCUT2D eigenvalue weighted by Crippen LogP contribution is -2.22. The van der Waals surface area contributed by atoms with Gasteiger partial charge in [0, 0.05) is 4.83 Å². The highest BCUT2D eigenvalue weighted by Gasteiger charge is 2.34. The summed E-state index contributed by atoms with van der Waals surface area (Å²) in [5, 5.41) is 0. The zero-order chi connectivity index (χ0) is 10.1. The Labute approximate surface area is 89.1 Å². The molecule has 1 fully saturated rings. The maximum absolute atomic E-state index is 11.2. The maximum atomic E-state index is 11.2. The first kappa shape index (κ1) is 11.5. The average Bonchev–Trinajstić information content (AvgIpc) is 2.43. The molecule has 0 bridgehead atoms. The van der Waals surface area contributed by atoms with E-state index in [-0.39, 0.29) is 0 Å². The van der Waals surface area contributed by atoms with E-state index in [9.17, 15) is 8.42 Å². The summed E-state index contributed by atoms with van der Waals surface area (Å²) in [5.74, 6) is 1.67. The lowest BCUT2D eigenvalue weighted by Gasteiger charge is -2.21. The third-order valence-corrected chi connectivity index (χ3v) is 6.35. The zero-order valence-corrected chi connectivity index (χ0v) is 10.6. The first-order valence-corrected chi connectivity index (χ1v) is 7.54. The number of hydrogen-bond acceptors (Lipinski definition) is 2. The minimum Gasteiger partial charge on any atom is -0.229 e. The van der Waals surface area contributed by atoms with Gasteiger partial charge in [-0.2, -0.15) is 0 Å². The molecule has 0 aromatic carbocycles. The molecule has 1 heterocycles. The molecule has 1 rings (SSSR count). The van der Waals surface area contributed by atoms with Crippen molar-refractivity contribution in [3.8, 4) is 0 Å². The molecule has 0 amide bonds. The van der Waals surface area contributed by atoms with Gasteiger partial charge in [0.05, 0.1) is 11.5 Å². The second-order valence-electron chi connectivity index (χ2n) is 3.99. The molecule has 3 unspecified atom stereocenters. The summed E-state index contributed by atoms with van der Waals surface area (Å²) in [6.45, 7) is 4.31. The topological polar surface area (TPSA) is 34.1 Å². The van der Waals surface area contributed by atoms with Crippen LogP contribution < -0.4 is 0 Å². The molecular weight excluding hydrogens is 252 g/mol. The molecule has 0 radical (unpaired) electrons. The highest BCUT2D eigenvalue weighted by Crippen LogP contribution is 2.31. The van der Waals surface area contributed by atoms with Crippen molar-refractivity contribution in [3.05, 3.63) is 0 Å². The largest absolute Gasteiger partial charge is 0.229 e. The van der Waals surface area contributed by atoms with Crippen LogP contribution in [0.2, 0.25) is 0 Å². The van der Waals surface area contributed by atoms with Crippen LogP contribution >= 0.6 is 15.9 Å². The van der Waals surface area contributed by atoms with E-state index in [0.717, 1.165) is 12.8 Å². The van der Waals surface area contributed by atoms with E-state index in [0.29, 0.717) is 28.2 Å². The molecule has 0 saturated carbocycles. The van der Waals surface area contributed by atoms with Gasteiger partial charge in [0.2, 0.25) is 0 Å². The Balaban J connectivity index is 2.56. The molecule has 1 saturated heterocycles. The lowest BCUT2D eigenvalue weighted by atomic mass is 9.93. The van der Waals surface area contributed by atoms with Crippen molar-refractivity contribution in [2.45, 2.75) is 31.5 Å². The Bertz CT molecular complexity index is 261. The van der Waals surface area contributed by atoms with Crippen molar-refractivity contribution in [2.75, 3.05) is 11.5 Å². The van der Waals surface area contributed by atoms with Crippen molar-refractivity contribution >= 4 is 25.8 Å². The van der Waals surface area contributed by atoms with Gasteiger partial charge in [0.25, 0.3) is 0 Å². The first-order chi connectivity index (χ1) is 5.96. The van der Waals surface area contributed by atoms with Crippen molar-refractivity contribution in [3.63, 3.8) is 0 Å². The van der Waals surface area contributed by atoms with E-state index in [4.69, 9.17) is 0 Å². The van der Waals surface area contributed by atoms with Crippen molar-refractivity contribution < 1.29 is 8.42 Å². The number of sulfone groups is 1. The van der Waals surface area contributed by atoms with Gasteiger partial charge in [-0.15, -0.1) is 0 Å². The van der Waals surface area contributed by atoms with Gasteiger partial charge in [-0.3, -0.25) is 0 Å². The predicted molar refractivity (Wildman–Crippen MR) is 58.9 cm³/mol. The van der Waals surface area contributed by atoms with Crippen LogP contribution in [0.15, 0.2) is 0 Å². The number of rotatable bonds is 3. The minimum atomic E-state index is -2.71. The highest BCUT2D eigenvalue weighted by molar-refractivity contribution is 9.09. The van der Waals surface area contributed by atoms with Crippen LogP contribution in [-0.2, 0) is 9.84 Å². The Morgan fingerprint density at radius 2 is 2.15 bits per heavy atom. The van der Waals surface area contributed by atoms with Gasteiger partial charge in [0.1, 0.15) is 0 Å². The minimum absolute atomic E-state index is 0.333. The number of hydrogen-bond donors (Lipinski definition) is 0. The van der Waals surface area contributed by atoms with Gasteiger partial charge in [0.15, 0.2) is 9.84 Å². The van der Waals surface area contributed by atoms with Gasteiger partial charge in [-0.1, -0.05) is 36.2 Å². The number of halogens is 1. The Morgan fingerprint density at radius 3 is 2.54 bits per heavy atom. The second-order valence-corrected chi connectivity index (χ2v) is 7.28. The van der Waals surface area contributed by atoms with Crippen LogP contribution in [0.3, 0.4) is 0 Å². The molecule has 2 nitrogen and oxygen atoms in total. The first-order valence-electron chi connectivity index (χ1n) is 4.80. The van der Waals surface area contributed by atoms with Gasteiger partial charge in [-0.25, -0.2) is 8.42 Å². The summed E-state index contributed by atoms with van der Waals surface area (Å²) in [4.78, 5) is 0.370. The normalized spacial score (nSPS) is 31.5.